The highest BCUT2D eigenvalue weighted by Gasteiger charge is 2.40. The zero-order valence-electron chi connectivity index (χ0n) is 18.1. The maximum atomic E-state index is 11.9. The highest BCUT2D eigenvalue weighted by molar-refractivity contribution is 6.30. The molecule has 168 valence electrons. The van der Waals surface area contributed by atoms with Crippen LogP contribution in [-0.2, 0) is 16.8 Å². The van der Waals surface area contributed by atoms with Crippen LogP contribution in [0.5, 0.6) is 0 Å². The van der Waals surface area contributed by atoms with Crippen LogP contribution in [0.4, 0.5) is 5.95 Å². The number of hydrogen-bond acceptors (Lipinski definition) is 6. The van der Waals surface area contributed by atoms with Crippen molar-refractivity contribution in [3.05, 3.63) is 77.0 Å². The van der Waals surface area contributed by atoms with E-state index in [9.17, 15) is 5.11 Å². The quantitative estimate of drug-likeness (QED) is 0.499. The number of nitrogens with zero attached hydrogens (tertiary/aromatic N) is 5. The van der Waals surface area contributed by atoms with Gasteiger partial charge in [0.05, 0.1) is 24.6 Å². The molecule has 0 amide bonds. The van der Waals surface area contributed by atoms with E-state index in [0.29, 0.717) is 24.7 Å². The molecule has 0 bridgehead atoms. The second-order valence-electron chi connectivity index (χ2n) is 8.65. The van der Waals surface area contributed by atoms with Gasteiger partial charge >= 0.3 is 0 Å². The molecule has 3 aromatic heterocycles. The first-order valence-corrected chi connectivity index (χ1v) is 11.6. The predicted molar refractivity (Wildman–Crippen MR) is 127 cm³/mol. The lowest BCUT2D eigenvalue weighted by atomic mass is 9.80. The minimum absolute atomic E-state index is 0.611. The number of pyridine rings is 1. The van der Waals surface area contributed by atoms with Gasteiger partial charge in [-0.2, -0.15) is 0 Å². The Morgan fingerprint density at radius 2 is 1.85 bits per heavy atom. The van der Waals surface area contributed by atoms with Crippen LogP contribution >= 0.6 is 11.6 Å². The van der Waals surface area contributed by atoms with Crippen LogP contribution in [0.2, 0.25) is 5.02 Å². The van der Waals surface area contributed by atoms with Gasteiger partial charge in [-0.15, -0.1) is 0 Å². The van der Waals surface area contributed by atoms with Gasteiger partial charge in [0.25, 0.3) is 0 Å². The number of benzene rings is 1. The van der Waals surface area contributed by atoms with E-state index in [4.69, 9.17) is 21.3 Å². The number of hydrogen-bond donors (Lipinski definition) is 1. The summed E-state index contributed by atoms with van der Waals surface area (Å²) in [4.78, 5) is 16.1. The summed E-state index contributed by atoms with van der Waals surface area (Å²) in [7, 11) is 0. The van der Waals surface area contributed by atoms with Crippen LogP contribution in [0, 0.1) is 0 Å². The first-order valence-electron chi connectivity index (χ1n) is 11.3. The van der Waals surface area contributed by atoms with E-state index >= 15 is 0 Å². The maximum absolute atomic E-state index is 11.9. The van der Waals surface area contributed by atoms with Crippen molar-refractivity contribution in [2.24, 2.45) is 0 Å². The Hall–Kier alpha value is -3.00. The number of anilines is 1. The van der Waals surface area contributed by atoms with Crippen molar-refractivity contribution in [2.75, 3.05) is 31.2 Å². The number of aromatic nitrogens is 4. The van der Waals surface area contributed by atoms with Crippen LogP contribution in [0.25, 0.3) is 16.8 Å². The number of aliphatic hydroxyl groups is 1. The molecule has 0 spiro atoms. The predicted octanol–water partition coefficient (Wildman–Crippen LogP) is 3.85. The summed E-state index contributed by atoms with van der Waals surface area (Å²) < 4.78 is 7.43. The molecule has 4 heterocycles. The number of aryl methyl sites for hydroxylation is 1. The van der Waals surface area contributed by atoms with Gasteiger partial charge in [0.15, 0.2) is 0 Å². The number of imidazole rings is 1. The van der Waals surface area contributed by atoms with E-state index < -0.39 is 5.60 Å². The number of morpholine rings is 1. The van der Waals surface area contributed by atoms with Crippen molar-refractivity contribution >= 4 is 23.2 Å². The summed E-state index contributed by atoms with van der Waals surface area (Å²) in [6.45, 7) is 3.00. The molecule has 1 aromatic carbocycles. The van der Waals surface area contributed by atoms with Gasteiger partial charge in [0.2, 0.25) is 5.95 Å². The second kappa shape index (κ2) is 8.09. The Bertz CT molecular complexity index is 1320. The average Bonchev–Trinajstić information content (AvgIpc) is 3.24. The van der Waals surface area contributed by atoms with Gasteiger partial charge < -0.3 is 14.7 Å². The lowest BCUT2D eigenvalue weighted by Crippen LogP contribution is -2.37. The summed E-state index contributed by atoms with van der Waals surface area (Å²) in [6.07, 6.45) is 8.05. The van der Waals surface area contributed by atoms with Crippen molar-refractivity contribution in [1.82, 2.24) is 19.4 Å². The zero-order chi connectivity index (χ0) is 22.4. The Balaban J connectivity index is 1.42. The summed E-state index contributed by atoms with van der Waals surface area (Å²) in [5.74, 6) is 0.721. The molecule has 1 aliphatic heterocycles. The van der Waals surface area contributed by atoms with E-state index in [1.807, 2.05) is 59.4 Å². The van der Waals surface area contributed by atoms with Crippen molar-refractivity contribution < 1.29 is 9.84 Å². The van der Waals surface area contributed by atoms with Crippen LogP contribution in [-0.4, -0.2) is 50.8 Å². The summed E-state index contributed by atoms with van der Waals surface area (Å²) >= 11 is 6.26. The smallest absolute Gasteiger partial charge is 0.225 e. The molecule has 0 saturated carbocycles. The summed E-state index contributed by atoms with van der Waals surface area (Å²) in [6, 6.07) is 11.5. The van der Waals surface area contributed by atoms with Gasteiger partial charge in [0.1, 0.15) is 11.2 Å². The standard InChI is InChI=1S/C25H24ClN5O2/c26-20-4-1-3-19(13-20)25(32)8-2-5-21-23(25)31-16-17(6-7-22(31)29-21)18-14-27-24(28-15-18)30-9-11-33-12-10-30/h1,3-4,6-7,13-16,32H,2,5,8-12H2. The third kappa shape index (κ3) is 3.57. The fraction of sp³-hybridized carbons (Fsp3) is 0.320. The molecule has 1 N–H and O–H groups in total. The molecule has 1 unspecified atom stereocenters. The third-order valence-electron chi connectivity index (χ3n) is 6.60. The average molecular weight is 462 g/mol. The van der Waals surface area contributed by atoms with E-state index in [0.717, 1.165) is 65.6 Å². The Kier molecular flexibility index (Phi) is 5.05. The lowest BCUT2D eigenvalue weighted by molar-refractivity contribution is 0.0558. The van der Waals surface area contributed by atoms with Crippen molar-refractivity contribution in [1.29, 1.82) is 0 Å². The van der Waals surface area contributed by atoms with E-state index in [1.165, 1.54) is 0 Å². The van der Waals surface area contributed by atoms with Crippen molar-refractivity contribution in [3.8, 4) is 11.1 Å². The Labute approximate surface area is 196 Å². The van der Waals surface area contributed by atoms with E-state index in [2.05, 4.69) is 14.9 Å². The minimum atomic E-state index is -1.15. The van der Waals surface area contributed by atoms with Crippen LogP contribution < -0.4 is 4.90 Å². The summed E-state index contributed by atoms with van der Waals surface area (Å²) in [5, 5.41) is 12.5. The zero-order valence-corrected chi connectivity index (χ0v) is 18.9. The van der Waals surface area contributed by atoms with Gasteiger partial charge in [-0.1, -0.05) is 23.7 Å². The highest BCUT2D eigenvalue weighted by Crippen LogP contribution is 2.41. The fourth-order valence-electron chi connectivity index (χ4n) is 4.93. The monoisotopic (exact) mass is 461 g/mol. The molecule has 6 rings (SSSR count). The normalized spacial score (nSPS) is 20.7. The molecule has 2 aliphatic rings. The topological polar surface area (TPSA) is 75.8 Å². The fourth-order valence-corrected chi connectivity index (χ4v) is 5.12. The number of rotatable bonds is 3. The molecule has 7 nitrogen and oxygen atoms in total. The molecule has 1 atom stereocenters. The lowest BCUT2D eigenvalue weighted by Gasteiger charge is -2.33. The summed E-state index contributed by atoms with van der Waals surface area (Å²) in [5.41, 5.74) is 4.10. The van der Waals surface area contributed by atoms with E-state index in [-0.39, 0.29) is 0 Å². The third-order valence-corrected chi connectivity index (χ3v) is 6.84. The van der Waals surface area contributed by atoms with Gasteiger partial charge in [0, 0.05) is 47.8 Å². The molecule has 1 fully saturated rings. The molecule has 8 heteroatoms. The van der Waals surface area contributed by atoms with Gasteiger partial charge in [-0.25, -0.2) is 15.0 Å². The van der Waals surface area contributed by atoms with Gasteiger partial charge in [-0.05, 0) is 49.1 Å². The number of fused-ring (bicyclic) bond motifs is 3. The van der Waals surface area contributed by atoms with Crippen molar-refractivity contribution in [3.63, 3.8) is 0 Å². The molecule has 1 saturated heterocycles. The molecule has 1 aliphatic carbocycles. The van der Waals surface area contributed by atoms with Crippen LogP contribution in [0.15, 0.2) is 55.0 Å². The number of halogens is 1. The van der Waals surface area contributed by atoms with Crippen LogP contribution in [0.1, 0.15) is 29.8 Å². The number of ether oxygens (including phenoxy) is 1. The van der Waals surface area contributed by atoms with Gasteiger partial charge in [-0.3, -0.25) is 4.40 Å². The minimum Gasteiger partial charge on any atom is -0.379 e. The largest absolute Gasteiger partial charge is 0.379 e. The Morgan fingerprint density at radius 3 is 2.64 bits per heavy atom. The molecule has 0 radical (unpaired) electrons. The van der Waals surface area contributed by atoms with Crippen LogP contribution in [0.3, 0.4) is 0 Å². The molecule has 4 aromatic rings. The molecular weight excluding hydrogens is 438 g/mol. The second-order valence-corrected chi connectivity index (χ2v) is 9.08. The first kappa shape index (κ1) is 20.6. The SMILES string of the molecule is OC1(c2cccc(Cl)c2)CCCc2nc3ccc(-c4cnc(N5CCOCC5)nc4)cn3c21. The molecular formula is C25H24ClN5O2. The Morgan fingerprint density at radius 1 is 1.03 bits per heavy atom. The molecule has 33 heavy (non-hydrogen) atoms. The van der Waals surface area contributed by atoms with E-state index in [1.54, 1.807) is 0 Å². The van der Waals surface area contributed by atoms with Crippen molar-refractivity contribution in [2.45, 2.75) is 24.9 Å². The highest BCUT2D eigenvalue weighted by atomic mass is 35.5. The maximum Gasteiger partial charge on any atom is 0.225 e. The first-order chi connectivity index (χ1) is 16.1.